The lowest BCUT2D eigenvalue weighted by Crippen LogP contribution is -2.14. The number of methoxy groups -OCH3 is 1. The molecular weight excluding hydrogens is 236 g/mol. The molecule has 0 fully saturated rings. The van der Waals surface area contributed by atoms with E-state index in [0.29, 0.717) is 4.77 Å². The van der Waals surface area contributed by atoms with Crippen LogP contribution in [0.2, 0.25) is 0 Å². The van der Waals surface area contributed by atoms with Crippen LogP contribution in [-0.4, -0.2) is 28.9 Å². The molecule has 6 heteroatoms. The van der Waals surface area contributed by atoms with Crippen LogP contribution in [0, 0.1) is 4.77 Å². The number of ether oxygens (including phenoxy) is 1. The van der Waals surface area contributed by atoms with Crippen molar-refractivity contribution in [3.63, 3.8) is 0 Å². The summed E-state index contributed by atoms with van der Waals surface area (Å²) in [5, 5.41) is 6.94. The molecule has 0 spiro atoms. The van der Waals surface area contributed by atoms with Crippen LogP contribution in [0.15, 0.2) is 24.3 Å². The van der Waals surface area contributed by atoms with E-state index in [4.69, 9.17) is 17.0 Å². The first-order chi connectivity index (χ1) is 8.13. The van der Waals surface area contributed by atoms with E-state index in [2.05, 4.69) is 10.2 Å². The van der Waals surface area contributed by atoms with E-state index < -0.39 is 0 Å². The summed E-state index contributed by atoms with van der Waals surface area (Å²) >= 11 is 5.09. The standard InChI is InChI=1S/C11H14N4OS/c1-14(10-12-13-11(17)15(10)2)8-5-4-6-9(7-8)16-3/h4-7H,1-3H3,(H,13,17). The Balaban J connectivity index is 2.39. The molecule has 1 aromatic heterocycles. The average molecular weight is 250 g/mol. The van der Waals surface area contributed by atoms with Gasteiger partial charge in [0.2, 0.25) is 5.95 Å². The van der Waals surface area contributed by atoms with E-state index >= 15 is 0 Å². The molecule has 1 N–H and O–H groups in total. The monoisotopic (exact) mass is 250 g/mol. The maximum atomic E-state index is 5.19. The average Bonchev–Trinajstić information content (AvgIpc) is 2.69. The molecule has 0 saturated heterocycles. The number of H-pyrrole nitrogens is 1. The zero-order valence-corrected chi connectivity index (χ0v) is 10.8. The Morgan fingerprint density at radius 3 is 2.82 bits per heavy atom. The van der Waals surface area contributed by atoms with Crippen molar-refractivity contribution >= 4 is 23.9 Å². The van der Waals surface area contributed by atoms with E-state index in [9.17, 15) is 0 Å². The summed E-state index contributed by atoms with van der Waals surface area (Å²) in [6.45, 7) is 0. The number of benzene rings is 1. The SMILES string of the molecule is COc1cccc(N(C)c2n[nH]c(=S)n2C)c1. The molecule has 2 rings (SSSR count). The van der Waals surface area contributed by atoms with Crippen molar-refractivity contribution in [2.75, 3.05) is 19.1 Å². The normalized spacial score (nSPS) is 10.3. The molecule has 0 radical (unpaired) electrons. The number of nitrogens with one attached hydrogen (secondary N) is 1. The van der Waals surface area contributed by atoms with Gasteiger partial charge in [0, 0.05) is 25.8 Å². The lowest BCUT2D eigenvalue weighted by Gasteiger charge is -2.18. The topological polar surface area (TPSA) is 46.1 Å². The zero-order valence-electron chi connectivity index (χ0n) is 9.97. The Morgan fingerprint density at radius 1 is 1.47 bits per heavy atom. The van der Waals surface area contributed by atoms with Crippen LogP contribution >= 0.6 is 12.2 Å². The molecule has 2 aromatic rings. The summed E-state index contributed by atoms with van der Waals surface area (Å²) in [5.74, 6) is 1.56. The summed E-state index contributed by atoms with van der Waals surface area (Å²) in [4.78, 5) is 1.94. The molecule has 5 nitrogen and oxygen atoms in total. The minimum atomic E-state index is 0.592. The first-order valence-electron chi connectivity index (χ1n) is 5.12. The highest BCUT2D eigenvalue weighted by atomic mass is 32.1. The highest BCUT2D eigenvalue weighted by molar-refractivity contribution is 7.71. The highest BCUT2D eigenvalue weighted by Crippen LogP contribution is 2.24. The summed E-state index contributed by atoms with van der Waals surface area (Å²) in [6.07, 6.45) is 0. The summed E-state index contributed by atoms with van der Waals surface area (Å²) in [5.41, 5.74) is 0.987. The Morgan fingerprint density at radius 2 is 2.24 bits per heavy atom. The van der Waals surface area contributed by atoms with Gasteiger partial charge in [-0.3, -0.25) is 4.57 Å². The second-order valence-electron chi connectivity index (χ2n) is 3.65. The molecule has 0 unspecified atom stereocenters. The lowest BCUT2D eigenvalue weighted by molar-refractivity contribution is 0.415. The smallest absolute Gasteiger partial charge is 0.229 e. The molecule has 0 bridgehead atoms. The van der Waals surface area contributed by atoms with Gasteiger partial charge < -0.3 is 9.64 Å². The summed E-state index contributed by atoms with van der Waals surface area (Å²) in [6, 6.07) is 7.77. The number of hydrogen-bond acceptors (Lipinski definition) is 4. The third-order valence-electron chi connectivity index (χ3n) is 2.60. The predicted molar refractivity (Wildman–Crippen MR) is 69.4 cm³/mol. The highest BCUT2D eigenvalue weighted by Gasteiger charge is 2.10. The quantitative estimate of drug-likeness (QED) is 0.849. The van der Waals surface area contributed by atoms with Gasteiger partial charge in [-0.15, -0.1) is 5.10 Å². The number of aromatic amines is 1. The third kappa shape index (κ3) is 2.16. The largest absolute Gasteiger partial charge is 0.497 e. The van der Waals surface area contributed by atoms with Gasteiger partial charge in [0.15, 0.2) is 4.77 Å². The van der Waals surface area contributed by atoms with E-state index in [1.807, 2.05) is 47.8 Å². The van der Waals surface area contributed by atoms with Crippen molar-refractivity contribution in [3.8, 4) is 5.75 Å². The van der Waals surface area contributed by atoms with Gasteiger partial charge in [0.05, 0.1) is 7.11 Å². The molecule has 0 amide bonds. The number of hydrogen-bond donors (Lipinski definition) is 1. The molecular formula is C11H14N4OS. The van der Waals surface area contributed by atoms with Crippen LogP contribution in [0.5, 0.6) is 5.75 Å². The van der Waals surface area contributed by atoms with Crippen molar-refractivity contribution < 1.29 is 4.74 Å². The van der Waals surface area contributed by atoms with Crippen LogP contribution < -0.4 is 9.64 Å². The summed E-state index contributed by atoms with van der Waals surface area (Å²) in [7, 11) is 5.45. The van der Waals surface area contributed by atoms with E-state index in [1.54, 1.807) is 7.11 Å². The second kappa shape index (κ2) is 4.58. The number of nitrogens with zero attached hydrogens (tertiary/aromatic N) is 3. The minimum absolute atomic E-state index is 0.592. The first kappa shape index (κ1) is 11.7. The Kier molecular flexibility index (Phi) is 3.14. The number of anilines is 2. The van der Waals surface area contributed by atoms with Gasteiger partial charge in [-0.25, -0.2) is 5.10 Å². The molecule has 0 aliphatic carbocycles. The first-order valence-corrected chi connectivity index (χ1v) is 5.53. The second-order valence-corrected chi connectivity index (χ2v) is 4.03. The van der Waals surface area contributed by atoms with Gasteiger partial charge >= 0.3 is 0 Å². The fourth-order valence-corrected chi connectivity index (χ4v) is 1.70. The third-order valence-corrected chi connectivity index (χ3v) is 2.96. The Labute approximate surface area is 105 Å². The predicted octanol–water partition coefficient (Wildman–Crippen LogP) is 2.25. The molecule has 0 atom stereocenters. The van der Waals surface area contributed by atoms with Gasteiger partial charge in [-0.2, -0.15) is 0 Å². The zero-order chi connectivity index (χ0) is 12.4. The van der Waals surface area contributed by atoms with E-state index in [1.165, 1.54) is 0 Å². The molecule has 1 heterocycles. The van der Waals surface area contributed by atoms with Crippen molar-refractivity contribution in [1.82, 2.24) is 14.8 Å². The fraction of sp³-hybridized carbons (Fsp3) is 0.273. The van der Waals surface area contributed by atoms with Gasteiger partial charge in [-0.05, 0) is 24.4 Å². The molecule has 0 saturated carbocycles. The van der Waals surface area contributed by atoms with Crippen molar-refractivity contribution in [2.45, 2.75) is 0 Å². The van der Waals surface area contributed by atoms with Crippen LogP contribution in [-0.2, 0) is 7.05 Å². The van der Waals surface area contributed by atoms with Crippen molar-refractivity contribution in [3.05, 3.63) is 29.0 Å². The minimum Gasteiger partial charge on any atom is -0.497 e. The molecule has 0 aliphatic rings. The molecule has 1 aromatic carbocycles. The number of rotatable bonds is 3. The van der Waals surface area contributed by atoms with Crippen LogP contribution in [0.25, 0.3) is 0 Å². The van der Waals surface area contributed by atoms with E-state index in [-0.39, 0.29) is 0 Å². The van der Waals surface area contributed by atoms with Crippen LogP contribution in [0.4, 0.5) is 11.6 Å². The molecule has 0 aliphatic heterocycles. The molecule has 90 valence electrons. The maximum absolute atomic E-state index is 5.19. The fourth-order valence-electron chi connectivity index (χ4n) is 1.57. The van der Waals surface area contributed by atoms with Gasteiger partial charge in [0.25, 0.3) is 0 Å². The van der Waals surface area contributed by atoms with Crippen LogP contribution in [0.3, 0.4) is 0 Å². The van der Waals surface area contributed by atoms with Crippen molar-refractivity contribution in [2.24, 2.45) is 7.05 Å². The van der Waals surface area contributed by atoms with Crippen molar-refractivity contribution in [1.29, 1.82) is 0 Å². The van der Waals surface area contributed by atoms with Gasteiger partial charge in [0.1, 0.15) is 5.75 Å². The van der Waals surface area contributed by atoms with Crippen LogP contribution in [0.1, 0.15) is 0 Å². The summed E-state index contributed by atoms with van der Waals surface area (Å²) < 4.78 is 7.60. The van der Waals surface area contributed by atoms with Gasteiger partial charge in [-0.1, -0.05) is 6.07 Å². The Bertz CT molecular complexity index is 575. The lowest BCUT2D eigenvalue weighted by atomic mass is 10.3. The maximum Gasteiger partial charge on any atom is 0.229 e. The Hall–Kier alpha value is -1.82. The number of aromatic nitrogens is 3. The molecule has 17 heavy (non-hydrogen) atoms. The van der Waals surface area contributed by atoms with E-state index in [0.717, 1.165) is 17.4 Å².